The Bertz CT molecular complexity index is 434. The van der Waals surface area contributed by atoms with Crippen LogP contribution in [0, 0.1) is 5.92 Å². The summed E-state index contributed by atoms with van der Waals surface area (Å²) in [6, 6.07) is -0.316. The maximum Gasteiger partial charge on any atom is 0.315 e. The molecule has 0 aliphatic heterocycles. The third-order valence-corrected chi connectivity index (χ3v) is 3.22. The summed E-state index contributed by atoms with van der Waals surface area (Å²) in [5.41, 5.74) is 0. The maximum atomic E-state index is 11.6. The molecule has 8 heteroatoms. The molecule has 1 heterocycles. The smallest absolute Gasteiger partial charge is 0.315 e. The summed E-state index contributed by atoms with van der Waals surface area (Å²) in [5, 5.41) is 21.8. The van der Waals surface area contributed by atoms with Crippen molar-refractivity contribution in [3.63, 3.8) is 0 Å². The molecule has 0 bridgehead atoms. The van der Waals surface area contributed by atoms with E-state index in [0.29, 0.717) is 32.4 Å². The van der Waals surface area contributed by atoms with E-state index in [1.165, 1.54) is 0 Å². The summed E-state index contributed by atoms with van der Waals surface area (Å²) in [4.78, 5) is 22.4. The van der Waals surface area contributed by atoms with Crippen LogP contribution in [-0.2, 0) is 11.3 Å². The number of hydrogen-bond acceptors (Lipinski definition) is 4. The Morgan fingerprint density at radius 1 is 1.42 bits per heavy atom. The van der Waals surface area contributed by atoms with Gasteiger partial charge in [-0.3, -0.25) is 9.48 Å². The Balaban J connectivity index is 1.63. The molecule has 1 aliphatic rings. The molecule has 1 saturated carbocycles. The van der Waals surface area contributed by atoms with Crippen LogP contribution in [0.1, 0.15) is 19.3 Å². The first kappa shape index (κ1) is 13.3. The molecule has 1 aliphatic carbocycles. The molecule has 2 amide bonds. The van der Waals surface area contributed by atoms with E-state index in [1.807, 2.05) is 0 Å². The van der Waals surface area contributed by atoms with Gasteiger partial charge in [0.1, 0.15) is 0 Å². The van der Waals surface area contributed by atoms with Crippen molar-refractivity contribution >= 4 is 12.0 Å². The van der Waals surface area contributed by atoms with Crippen molar-refractivity contribution < 1.29 is 14.7 Å². The lowest BCUT2D eigenvalue weighted by Crippen LogP contribution is -2.42. The van der Waals surface area contributed by atoms with Crippen molar-refractivity contribution in [1.82, 2.24) is 25.6 Å². The van der Waals surface area contributed by atoms with Crippen LogP contribution >= 0.6 is 0 Å². The monoisotopic (exact) mass is 267 g/mol. The Morgan fingerprint density at radius 3 is 2.89 bits per heavy atom. The fraction of sp³-hybridized carbons (Fsp3) is 0.636. The molecule has 0 radical (unpaired) electrons. The van der Waals surface area contributed by atoms with Crippen molar-refractivity contribution in [3.8, 4) is 0 Å². The number of urea groups is 1. The van der Waals surface area contributed by atoms with E-state index >= 15 is 0 Å². The highest BCUT2D eigenvalue weighted by molar-refractivity contribution is 5.75. The van der Waals surface area contributed by atoms with Gasteiger partial charge in [-0.05, 0) is 19.3 Å². The van der Waals surface area contributed by atoms with Crippen molar-refractivity contribution in [2.75, 3.05) is 6.54 Å². The molecule has 19 heavy (non-hydrogen) atoms. The van der Waals surface area contributed by atoms with Gasteiger partial charge in [-0.15, -0.1) is 5.10 Å². The minimum absolute atomic E-state index is 0.0486. The van der Waals surface area contributed by atoms with Gasteiger partial charge in [-0.2, -0.15) is 0 Å². The number of carbonyl (C=O) groups is 2. The van der Waals surface area contributed by atoms with E-state index in [0.717, 1.165) is 0 Å². The summed E-state index contributed by atoms with van der Waals surface area (Å²) in [6.07, 6.45) is 5.14. The van der Waals surface area contributed by atoms with E-state index in [2.05, 4.69) is 20.9 Å². The molecule has 8 nitrogen and oxygen atoms in total. The second-order valence-corrected chi connectivity index (χ2v) is 4.61. The molecule has 0 spiro atoms. The van der Waals surface area contributed by atoms with Crippen LogP contribution in [0.3, 0.4) is 0 Å². The molecule has 1 aromatic heterocycles. The zero-order valence-electron chi connectivity index (χ0n) is 10.5. The molecule has 2 rings (SSSR count). The van der Waals surface area contributed by atoms with Crippen LogP contribution in [-0.4, -0.2) is 44.7 Å². The number of carboxylic acids is 1. The van der Waals surface area contributed by atoms with Crippen LogP contribution in [0.5, 0.6) is 0 Å². The third kappa shape index (κ3) is 3.94. The van der Waals surface area contributed by atoms with E-state index in [1.54, 1.807) is 17.1 Å². The number of nitrogens with one attached hydrogen (secondary N) is 2. The lowest BCUT2D eigenvalue weighted by molar-refractivity contribution is -0.141. The lowest BCUT2D eigenvalue weighted by Gasteiger charge is -2.13. The van der Waals surface area contributed by atoms with Crippen molar-refractivity contribution in [2.45, 2.75) is 31.8 Å². The molecule has 2 atom stereocenters. The van der Waals surface area contributed by atoms with Crippen LogP contribution in [0.15, 0.2) is 12.4 Å². The van der Waals surface area contributed by atoms with E-state index in [9.17, 15) is 9.59 Å². The number of aromatic nitrogens is 3. The van der Waals surface area contributed by atoms with Gasteiger partial charge in [0.05, 0.1) is 18.7 Å². The highest BCUT2D eigenvalue weighted by Gasteiger charge is 2.30. The molecule has 1 fully saturated rings. The number of amides is 2. The second kappa shape index (κ2) is 6.17. The topological polar surface area (TPSA) is 109 Å². The van der Waals surface area contributed by atoms with Gasteiger partial charge in [0.25, 0.3) is 0 Å². The average Bonchev–Trinajstić information content (AvgIpc) is 3.00. The third-order valence-electron chi connectivity index (χ3n) is 3.22. The zero-order valence-corrected chi connectivity index (χ0v) is 10.5. The Hall–Kier alpha value is -2.12. The molecule has 1 aromatic rings. The van der Waals surface area contributed by atoms with Gasteiger partial charge < -0.3 is 15.7 Å². The van der Waals surface area contributed by atoms with Gasteiger partial charge >= 0.3 is 12.0 Å². The fourth-order valence-corrected chi connectivity index (χ4v) is 2.21. The van der Waals surface area contributed by atoms with Gasteiger partial charge in [0.15, 0.2) is 0 Å². The quantitative estimate of drug-likeness (QED) is 0.686. The molecule has 3 N–H and O–H groups in total. The number of hydrogen-bond donors (Lipinski definition) is 3. The molecule has 2 unspecified atom stereocenters. The van der Waals surface area contributed by atoms with E-state index in [-0.39, 0.29) is 18.0 Å². The van der Waals surface area contributed by atoms with Crippen LogP contribution < -0.4 is 10.6 Å². The number of carboxylic acid groups (broad SMARTS) is 1. The van der Waals surface area contributed by atoms with Crippen molar-refractivity contribution in [2.24, 2.45) is 5.92 Å². The molecular formula is C11H17N5O3. The maximum absolute atomic E-state index is 11.6. The number of rotatable bonds is 5. The summed E-state index contributed by atoms with van der Waals surface area (Å²) in [7, 11) is 0. The Kier molecular flexibility index (Phi) is 4.32. The van der Waals surface area contributed by atoms with Crippen LogP contribution in [0.4, 0.5) is 4.79 Å². The first-order chi connectivity index (χ1) is 9.15. The van der Waals surface area contributed by atoms with Gasteiger partial charge in [0.2, 0.25) is 0 Å². The number of aliphatic carboxylic acids is 1. The predicted molar refractivity (Wildman–Crippen MR) is 65.3 cm³/mol. The molecule has 0 saturated heterocycles. The Labute approximate surface area is 110 Å². The summed E-state index contributed by atoms with van der Waals surface area (Å²) in [5.74, 6) is -1.11. The van der Waals surface area contributed by atoms with Crippen LogP contribution in [0.25, 0.3) is 0 Å². The second-order valence-electron chi connectivity index (χ2n) is 4.61. The number of nitrogens with zero attached hydrogens (tertiary/aromatic N) is 3. The van der Waals surface area contributed by atoms with Crippen LogP contribution in [0.2, 0.25) is 0 Å². The van der Waals surface area contributed by atoms with Crippen molar-refractivity contribution in [1.29, 1.82) is 0 Å². The minimum atomic E-state index is -0.782. The Morgan fingerprint density at radius 2 is 2.26 bits per heavy atom. The van der Waals surface area contributed by atoms with Gasteiger partial charge in [-0.25, -0.2) is 4.79 Å². The van der Waals surface area contributed by atoms with Gasteiger partial charge in [-0.1, -0.05) is 5.21 Å². The summed E-state index contributed by atoms with van der Waals surface area (Å²) >= 11 is 0. The first-order valence-electron chi connectivity index (χ1n) is 6.26. The summed E-state index contributed by atoms with van der Waals surface area (Å²) < 4.78 is 1.62. The standard InChI is InChI=1S/C11H17N5O3/c17-10(18)8-1-2-9(7-8)14-11(19)12-3-5-16-6-4-13-15-16/h4,6,8-9H,1-3,5,7H2,(H,17,18)(H2,12,14,19). The number of carbonyl (C=O) groups excluding carboxylic acids is 1. The molecule has 0 aromatic carbocycles. The normalized spacial score (nSPS) is 22.1. The predicted octanol–water partition coefficient (Wildman–Crippen LogP) is -0.169. The van der Waals surface area contributed by atoms with Gasteiger partial charge in [0, 0.05) is 18.8 Å². The largest absolute Gasteiger partial charge is 0.481 e. The minimum Gasteiger partial charge on any atom is -0.481 e. The fourth-order valence-electron chi connectivity index (χ4n) is 2.21. The lowest BCUT2D eigenvalue weighted by atomic mass is 10.1. The molecular weight excluding hydrogens is 250 g/mol. The SMILES string of the molecule is O=C(NCCn1ccnn1)NC1CCC(C(=O)O)C1. The highest BCUT2D eigenvalue weighted by Crippen LogP contribution is 2.25. The summed E-state index contributed by atoms with van der Waals surface area (Å²) in [6.45, 7) is 1.00. The van der Waals surface area contributed by atoms with E-state index in [4.69, 9.17) is 5.11 Å². The first-order valence-corrected chi connectivity index (χ1v) is 6.26. The van der Waals surface area contributed by atoms with Crippen molar-refractivity contribution in [3.05, 3.63) is 12.4 Å². The zero-order chi connectivity index (χ0) is 13.7. The average molecular weight is 267 g/mol. The van der Waals surface area contributed by atoms with E-state index < -0.39 is 5.97 Å². The molecule has 104 valence electrons. The highest BCUT2D eigenvalue weighted by atomic mass is 16.4.